The molecule has 1 aliphatic heterocycles. The van der Waals surface area contributed by atoms with Crippen molar-refractivity contribution in [1.82, 2.24) is 0 Å². The quantitative estimate of drug-likeness (QED) is 0.665. The fourth-order valence-corrected chi connectivity index (χ4v) is 2.24. The molecule has 0 aromatic heterocycles. The summed E-state index contributed by atoms with van der Waals surface area (Å²) in [4.78, 5) is 26.3. The molecule has 0 saturated carbocycles. The summed E-state index contributed by atoms with van der Waals surface area (Å²) in [7, 11) is -4.60. The minimum Gasteiger partial charge on any atom is -0.303 e. The minimum atomic E-state index is -4.60. The minimum absolute atomic E-state index is 0.432. The molecule has 2 N–H and O–H groups in total. The van der Waals surface area contributed by atoms with E-state index in [4.69, 9.17) is 9.79 Å². The largest absolute Gasteiger partial charge is 0.471 e. The molecule has 1 rings (SSSR count). The zero-order chi connectivity index (χ0) is 9.41. The molecule has 5 nitrogen and oxygen atoms in total. The van der Waals surface area contributed by atoms with E-state index in [1.54, 1.807) is 0 Å². The lowest BCUT2D eigenvalue weighted by Crippen LogP contribution is -2.36. The highest BCUT2D eigenvalue weighted by Crippen LogP contribution is 2.51. The smallest absolute Gasteiger partial charge is 0.303 e. The molecule has 0 amide bonds. The monoisotopic (exact) mass is 210 g/mol. The normalized spacial score (nSPS) is 28.2. The van der Waals surface area contributed by atoms with E-state index in [1.807, 2.05) is 0 Å². The average molecular weight is 210 g/mol. The van der Waals surface area contributed by atoms with Gasteiger partial charge in [-0.3, -0.25) is 9.32 Å². The van der Waals surface area contributed by atoms with Gasteiger partial charge in [-0.15, -0.1) is 0 Å². The molecule has 0 radical (unpaired) electrons. The standard InChI is InChI=1S/C5H7O5PS/c1-4(6)5(2-3-12-5)10-11(7,8)9/h2-3H,1H3,(H2,7,8,9). The summed E-state index contributed by atoms with van der Waals surface area (Å²) < 4.78 is 14.7. The van der Waals surface area contributed by atoms with Crippen LogP contribution in [0.4, 0.5) is 0 Å². The summed E-state index contributed by atoms with van der Waals surface area (Å²) in [6.07, 6.45) is 1.32. The molecule has 1 aliphatic rings. The first-order chi connectivity index (χ1) is 5.36. The molecule has 1 heterocycles. The Morgan fingerprint density at radius 2 is 2.17 bits per heavy atom. The van der Waals surface area contributed by atoms with Crippen LogP contribution in [0, 0.1) is 0 Å². The van der Waals surface area contributed by atoms with Crippen LogP contribution in [0.2, 0.25) is 0 Å². The summed E-state index contributed by atoms with van der Waals surface area (Å²) in [6, 6.07) is 0. The topological polar surface area (TPSA) is 83.8 Å². The van der Waals surface area contributed by atoms with Gasteiger partial charge < -0.3 is 9.79 Å². The van der Waals surface area contributed by atoms with E-state index < -0.39 is 18.5 Å². The van der Waals surface area contributed by atoms with Gasteiger partial charge in [0.2, 0.25) is 4.93 Å². The maximum atomic E-state index is 10.9. The molecular formula is C5H7O5PS. The van der Waals surface area contributed by atoms with E-state index in [9.17, 15) is 9.36 Å². The Balaban J connectivity index is 2.78. The highest BCUT2D eigenvalue weighted by Gasteiger charge is 2.44. The molecular weight excluding hydrogens is 203 g/mol. The molecule has 0 aromatic rings. The van der Waals surface area contributed by atoms with Gasteiger partial charge in [0, 0.05) is 0 Å². The summed E-state index contributed by atoms with van der Waals surface area (Å²) >= 11 is 0.943. The maximum absolute atomic E-state index is 10.9. The van der Waals surface area contributed by atoms with Crippen molar-refractivity contribution in [3.8, 4) is 0 Å². The van der Waals surface area contributed by atoms with Crippen LogP contribution in [0.15, 0.2) is 11.5 Å². The van der Waals surface area contributed by atoms with Crippen molar-refractivity contribution in [3.63, 3.8) is 0 Å². The van der Waals surface area contributed by atoms with Crippen LogP contribution in [-0.2, 0) is 13.9 Å². The SMILES string of the molecule is CC(=O)C1(OP(=O)(O)O)C=CS1. The molecule has 0 fully saturated rings. The zero-order valence-electron chi connectivity index (χ0n) is 6.13. The molecule has 12 heavy (non-hydrogen) atoms. The number of phosphoric ester groups is 1. The summed E-state index contributed by atoms with van der Waals surface area (Å²) in [5.74, 6) is -0.432. The molecule has 0 bridgehead atoms. The van der Waals surface area contributed by atoms with Crippen LogP contribution in [0.5, 0.6) is 0 Å². The molecule has 0 aromatic carbocycles. The number of ketones is 1. The summed E-state index contributed by atoms with van der Waals surface area (Å²) in [5.41, 5.74) is 0. The second-order valence-corrected chi connectivity index (χ2v) is 4.50. The van der Waals surface area contributed by atoms with E-state index in [0.717, 1.165) is 11.8 Å². The average Bonchev–Trinajstić information content (AvgIpc) is 1.75. The van der Waals surface area contributed by atoms with Gasteiger partial charge in [0.25, 0.3) is 0 Å². The number of rotatable bonds is 3. The fourth-order valence-electron chi connectivity index (χ4n) is 0.685. The molecule has 1 unspecified atom stereocenters. The van der Waals surface area contributed by atoms with Crippen molar-refractivity contribution < 1.29 is 23.7 Å². The van der Waals surface area contributed by atoms with Gasteiger partial charge in [0.05, 0.1) is 0 Å². The Hall–Kier alpha value is -0.130. The van der Waals surface area contributed by atoms with Crippen LogP contribution in [-0.4, -0.2) is 20.5 Å². The number of phosphoric acid groups is 1. The Labute approximate surface area is 73.0 Å². The lowest BCUT2D eigenvalue weighted by molar-refractivity contribution is -0.124. The van der Waals surface area contributed by atoms with E-state index >= 15 is 0 Å². The van der Waals surface area contributed by atoms with Crippen LogP contribution in [0.1, 0.15) is 6.92 Å². The molecule has 7 heteroatoms. The fraction of sp³-hybridized carbons (Fsp3) is 0.400. The third-order valence-electron chi connectivity index (χ3n) is 1.28. The van der Waals surface area contributed by atoms with E-state index in [1.165, 1.54) is 18.4 Å². The highest BCUT2D eigenvalue weighted by molar-refractivity contribution is 8.05. The molecule has 0 saturated heterocycles. The van der Waals surface area contributed by atoms with Gasteiger partial charge in [0.15, 0.2) is 5.78 Å². The Morgan fingerprint density at radius 1 is 1.67 bits per heavy atom. The number of Topliss-reactive ketones (excluding diaryl/α,β-unsaturated/α-hetero) is 1. The van der Waals surface area contributed by atoms with Crippen molar-refractivity contribution in [2.24, 2.45) is 0 Å². The number of carbonyl (C=O) groups is 1. The second kappa shape index (κ2) is 2.97. The molecule has 1 atom stereocenters. The number of carbonyl (C=O) groups excluding carboxylic acids is 1. The van der Waals surface area contributed by atoms with Crippen molar-refractivity contribution in [1.29, 1.82) is 0 Å². The number of thioether (sulfide) groups is 1. The number of hydrogen-bond acceptors (Lipinski definition) is 4. The third-order valence-corrected chi connectivity index (χ3v) is 3.05. The van der Waals surface area contributed by atoms with Gasteiger partial charge in [-0.05, 0) is 18.4 Å². The predicted molar refractivity (Wildman–Crippen MR) is 43.3 cm³/mol. The first-order valence-electron chi connectivity index (χ1n) is 2.99. The van der Waals surface area contributed by atoms with Crippen molar-refractivity contribution in [2.45, 2.75) is 11.9 Å². The zero-order valence-corrected chi connectivity index (χ0v) is 7.84. The summed E-state index contributed by atoms with van der Waals surface area (Å²) in [5, 5.41) is 1.54. The van der Waals surface area contributed by atoms with Crippen LogP contribution < -0.4 is 0 Å². The van der Waals surface area contributed by atoms with Crippen molar-refractivity contribution >= 4 is 25.4 Å². The van der Waals surface area contributed by atoms with E-state index in [2.05, 4.69) is 4.52 Å². The molecule has 68 valence electrons. The number of hydrogen-bond donors (Lipinski definition) is 2. The predicted octanol–water partition coefficient (Wildman–Crippen LogP) is 0.641. The highest BCUT2D eigenvalue weighted by atomic mass is 32.2. The Bertz CT molecular complexity index is 282. The first kappa shape index (κ1) is 9.95. The van der Waals surface area contributed by atoms with Crippen LogP contribution >= 0.6 is 19.6 Å². The van der Waals surface area contributed by atoms with E-state index in [0.29, 0.717) is 0 Å². The van der Waals surface area contributed by atoms with Gasteiger partial charge >= 0.3 is 7.82 Å². The van der Waals surface area contributed by atoms with E-state index in [-0.39, 0.29) is 0 Å². The van der Waals surface area contributed by atoms with Gasteiger partial charge in [-0.25, -0.2) is 4.57 Å². The van der Waals surface area contributed by atoms with Gasteiger partial charge in [-0.2, -0.15) is 0 Å². The van der Waals surface area contributed by atoms with Gasteiger partial charge in [0.1, 0.15) is 0 Å². The summed E-state index contributed by atoms with van der Waals surface area (Å²) in [6.45, 7) is 1.21. The van der Waals surface area contributed by atoms with Gasteiger partial charge in [-0.1, -0.05) is 11.8 Å². The first-order valence-corrected chi connectivity index (χ1v) is 5.40. The second-order valence-electron chi connectivity index (χ2n) is 2.23. The van der Waals surface area contributed by atoms with Crippen LogP contribution in [0.3, 0.4) is 0 Å². The Morgan fingerprint density at radius 3 is 2.25 bits per heavy atom. The maximum Gasteiger partial charge on any atom is 0.471 e. The van der Waals surface area contributed by atoms with Crippen molar-refractivity contribution in [3.05, 3.63) is 11.5 Å². The third kappa shape index (κ3) is 1.97. The lowest BCUT2D eigenvalue weighted by Gasteiger charge is -2.31. The van der Waals surface area contributed by atoms with Crippen LogP contribution in [0.25, 0.3) is 0 Å². The molecule has 0 spiro atoms. The molecule has 0 aliphatic carbocycles. The Kier molecular flexibility index (Phi) is 2.47. The lowest BCUT2D eigenvalue weighted by atomic mass is 10.2. The van der Waals surface area contributed by atoms with Crippen molar-refractivity contribution in [2.75, 3.05) is 0 Å².